The number of ether oxygens (including phenoxy) is 3. The number of hydrogen-bond acceptors (Lipinski definition) is 8. The number of hydrogen-bond donors (Lipinski definition) is 0. The predicted octanol–water partition coefficient (Wildman–Crippen LogP) is 4.50. The van der Waals surface area contributed by atoms with Gasteiger partial charge in [-0.15, -0.1) is 0 Å². The Hall–Kier alpha value is -4.48. The number of methoxy groups -OCH3 is 2. The quantitative estimate of drug-likeness (QED) is 0.268. The molecule has 0 N–H and O–H groups in total. The Labute approximate surface area is 265 Å². The monoisotopic (exact) mass is 673 g/mol. The van der Waals surface area contributed by atoms with Crippen molar-refractivity contribution < 1.29 is 23.8 Å². The molecule has 1 aromatic heterocycles. The van der Waals surface area contributed by atoms with Crippen molar-refractivity contribution in [2.75, 3.05) is 25.7 Å². The third-order valence-electron chi connectivity index (χ3n) is 7.60. The number of rotatable bonds is 7. The van der Waals surface area contributed by atoms with Gasteiger partial charge in [0.25, 0.3) is 11.5 Å². The zero-order chi connectivity index (χ0) is 31.1. The number of fused-ring (bicyclic) bond motifs is 2. The highest BCUT2D eigenvalue weighted by atomic mass is 79.9. The van der Waals surface area contributed by atoms with Crippen molar-refractivity contribution in [3.63, 3.8) is 0 Å². The Balaban J connectivity index is 1.60. The first-order valence-corrected chi connectivity index (χ1v) is 15.5. The molecule has 2 aliphatic heterocycles. The molecule has 0 fully saturated rings. The van der Waals surface area contributed by atoms with Crippen LogP contribution in [0.4, 0.5) is 5.69 Å². The largest absolute Gasteiger partial charge is 0.493 e. The van der Waals surface area contributed by atoms with Gasteiger partial charge in [0.2, 0.25) is 0 Å². The van der Waals surface area contributed by atoms with Crippen LogP contribution in [0.5, 0.6) is 11.5 Å². The van der Waals surface area contributed by atoms with E-state index < -0.39 is 17.6 Å². The molecule has 3 aromatic carbocycles. The van der Waals surface area contributed by atoms with Gasteiger partial charge in [-0.05, 0) is 55.3 Å². The second-order valence-corrected chi connectivity index (χ2v) is 12.0. The molecule has 0 saturated carbocycles. The van der Waals surface area contributed by atoms with Crippen LogP contribution >= 0.6 is 27.3 Å². The van der Waals surface area contributed by atoms with E-state index in [0.29, 0.717) is 50.9 Å². The summed E-state index contributed by atoms with van der Waals surface area (Å²) in [4.78, 5) is 48.7. The van der Waals surface area contributed by atoms with Gasteiger partial charge in [0.05, 0.1) is 55.9 Å². The van der Waals surface area contributed by atoms with Crippen molar-refractivity contribution >= 4 is 50.4 Å². The van der Waals surface area contributed by atoms with Crippen LogP contribution in [0.3, 0.4) is 0 Å². The van der Waals surface area contributed by atoms with E-state index in [9.17, 15) is 14.4 Å². The van der Waals surface area contributed by atoms with E-state index in [-0.39, 0.29) is 22.6 Å². The number of nitrogens with zero attached hydrogens (tertiary/aromatic N) is 3. The Morgan fingerprint density at radius 3 is 2.45 bits per heavy atom. The lowest BCUT2D eigenvalue weighted by Gasteiger charge is -2.25. The molecule has 11 heteroatoms. The number of benzene rings is 3. The van der Waals surface area contributed by atoms with E-state index in [4.69, 9.17) is 14.2 Å². The van der Waals surface area contributed by atoms with Crippen molar-refractivity contribution in [3.05, 3.63) is 119 Å². The maximum absolute atomic E-state index is 14.5. The van der Waals surface area contributed by atoms with Gasteiger partial charge in [0, 0.05) is 10.0 Å². The van der Waals surface area contributed by atoms with Gasteiger partial charge >= 0.3 is 5.97 Å². The maximum atomic E-state index is 14.5. The minimum Gasteiger partial charge on any atom is -0.493 e. The smallest absolute Gasteiger partial charge is 0.338 e. The Kier molecular flexibility index (Phi) is 8.00. The van der Waals surface area contributed by atoms with Gasteiger partial charge in [-0.2, -0.15) is 0 Å². The minimum absolute atomic E-state index is 0.153. The van der Waals surface area contributed by atoms with Crippen LogP contribution in [-0.2, 0) is 20.9 Å². The number of aromatic nitrogens is 1. The molecule has 224 valence electrons. The molecule has 0 spiro atoms. The van der Waals surface area contributed by atoms with Crippen LogP contribution in [0.25, 0.3) is 5.57 Å². The van der Waals surface area contributed by atoms with Crippen molar-refractivity contribution in [1.82, 2.24) is 4.57 Å². The van der Waals surface area contributed by atoms with Gasteiger partial charge < -0.3 is 19.1 Å². The first-order valence-electron chi connectivity index (χ1n) is 13.9. The Bertz CT molecular complexity index is 2030. The fraction of sp³-hybridized carbons (Fsp3) is 0.212. The third kappa shape index (κ3) is 4.95. The number of carbonyl (C=O) groups excluding carboxylic acids is 2. The molecule has 0 aliphatic carbocycles. The molecule has 1 amide bonds. The SMILES string of the molecule is CCOC(=O)C1=C(C)N=c2s/c(=C3\C(=O)N(Cc4ccccc4)c4ccc(Br)cc43)c(=O)n2[C@H]1c1ccc(OC)c(OC)c1. The number of esters is 1. The van der Waals surface area contributed by atoms with Gasteiger partial charge in [-0.25, -0.2) is 9.79 Å². The van der Waals surface area contributed by atoms with Gasteiger partial charge in [-0.3, -0.25) is 14.2 Å². The molecule has 9 nitrogen and oxygen atoms in total. The van der Waals surface area contributed by atoms with Crippen LogP contribution in [0, 0.1) is 0 Å². The van der Waals surface area contributed by atoms with E-state index in [0.717, 1.165) is 21.4 Å². The standard InChI is InChI=1S/C33H28BrN3O6S/c1-5-43-32(40)26-18(2)35-33-37(28(26)20-11-14-24(41-3)25(15-20)42-4)31(39)29(44-33)27-22-16-21(34)12-13-23(22)36(30(27)38)17-19-9-7-6-8-10-19/h6-16,28H,5,17H2,1-4H3/b29-27-/t28-/m0/s1. The van der Waals surface area contributed by atoms with E-state index in [1.54, 1.807) is 36.9 Å². The van der Waals surface area contributed by atoms with E-state index in [1.807, 2.05) is 48.5 Å². The molecular weight excluding hydrogens is 646 g/mol. The Morgan fingerprint density at radius 2 is 1.75 bits per heavy atom. The number of allylic oxidation sites excluding steroid dienone is 1. The average molecular weight is 675 g/mol. The molecule has 0 bridgehead atoms. The fourth-order valence-corrected chi connectivity index (χ4v) is 7.12. The highest BCUT2D eigenvalue weighted by molar-refractivity contribution is 9.10. The number of halogens is 1. The summed E-state index contributed by atoms with van der Waals surface area (Å²) in [6.07, 6.45) is 0. The van der Waals surface area contributed by atoms with Crippen molar-refractivity contribution in [1.29, 1.82) is 0 Å². The number of thiazole rings is 1. The fourth-order valence-electron chi connectivity index (χ4n) is 5.63. The minimum atomic E-state index is -0.877. The van der Waals surface area contributed by atoms with Crippen LogP contribution in [0.1, 0.15) is 36.6 Å². The van der Waals surface area contributed by atoms with Crippen LogP contribution in [0.2, 0.25) is 0 Å². The van der Waals surface area contributed by atoms with Gasteiger partial charge in [0.1, 0.15) is 4.53 Å². The van der Waals surface area contributed by atoms with Crippen molar-refractivity contribution in [3.8, 4) is 11.5 Å². The molecule has 3 heterocycles. The maximum Gasteiger partial charge on any atom is 0.338 e. The molecule has 0 unspecified atom stereocenters. The summed E-state index contributed by atoms with van der Waals surface area (Å²) in [5.41, 5.74) is 3.44. The lowest BCUT2D eigenvalue weighted by Crippen LogP contribution is -2.41. The topological polar surface area (TPSA) is 99.4 Å². The van der Waals surface area contributed by atoms with Crippen molar-refractivity contribution in [2.45, 2.75) is 26.4 Å². The normalized spacial score (nSPS) is 16.8. The number of amides is 1. The molecule has 44 heavy (non-hydrogen) atoms. The summed E-state index contributed by atoms with van der Waals surface area (Å²) in [6.45, 7) is 3.94. The second-order valence-electron chi connectivity index (χ2n) is 10.2. The highest BCUT2D eigenvalue weighted by Gasteiger charge is 2.38. The van der Waals surface area contributed by atoms with Crippen molar-refractivity contribution in [2.24, 2.45) is 4.99 Å². The van der Waals surface area contributed by atoms with Gasteiger partial charge in [-0.1, -0.05) is 63.7 Å². The second kappa shape index (κ2) is 11.9. The molecular formula is C33H28BrN3O6S. The van der Waals surface area contributed by atoms with E-state index in [2.05, 4.69) is 20.9 Å². The Morgan fingerprint density at radius 1 is 1.00 bits per heavy atom. The first kappa shape index (κ1) is 29.6. The highest BCUT2D eigenvalue weighted by Crippen LogP contribution is 2.39. The number of anilines is 1. The summed E-state index contributed by atoms with van der Waals surface area (Å²) in [5.74, 6) is 0.0820. The lowest BCUT2D eigenvalue weighted by molar-refractivity contribution is -0.139. The average Bonchev–Trinajstić information content (AvgIpc) is 3.47. The summed E-state index contributed by atoms with van der Waals surface area (Å²) in [6, 6.07) is 19.7. The molecule has 0 saturated heterocycles. The summed E-state index contributed by atoms with van der Waals surface area (Å²) in [5, 5.41) is 0. The van der Waals surface area contributed by atoms with E-state index in [1.165, 1.54) is 18.8 Å². The third-order valence-corrected chi connectivity index (χ3v) is 9.15. The van der Waals surface area contributed by atoms with Crippen LogP contribution < -0.4 is 29.3 Å². The van der Waals surface area contributed by atoms with Crippen LogP contribution in [0.15, 0.2) is 92.3 Å². The summed E-state index contributed by atoms with van der Waals surface area (Å²) >= 11 is 4.67. The molecule has 4 aromatic rings. The number of carbonyl (C=O) groups is 2. The molecule has 2 aliphatic rings. The zero-order valence-electron chi connectivity index (χ0n) is 24.4. The zero-order valence-corrected chi connectivity index (χ0v) is 26.8. The molecule has 6 rings (SSSR count). The molecule has 0 radical (unpaired) electrons. The van der Waals surface area contributed by atoms with E-state index >= 15 is 0 Å². The predicted molar refractivity (Wildman–Crippen MR) is 171 cm³/mol. The molecule has 1 atom stereocenters. The van der Waals surface area contributed by atoms with Gasteiger partial charge in [0.15, 0.2) is 16.3 Å². The summed E-state index contributed by atoms with van der Waals surface area (Å²) < 4.78 is 18.9. The lowest BCUT2D eigenvalue weighted by atomic mass is 9.95. The van der Waals surface area contributed by atoms with Crippen LogP contribution in [-0.4, -0.2) is 37.3 Å². The summed E-state index contributed by atoms with van der Waals surface area (Å²) in [7, 11) is 3.05. The first-order chi connectivity index (χ1) is 21.3.